The van der Waals surface area contributed by atoms with E-state index >= 15 is 0 Å². The number of carbonyl (C=O) groups is 1. The van der Waals surface area contributed by atoms with Crippen molar-refractivity contribution in [1.29, 1.82) is 0 Å². The van der Waals surface area contributed by atoms with Crippen molar-refractivity contribution in [2.45, 2.75) is 25.4 Å². The quantitative estimate of drug-likeness (QED) is 0.563. The molecule has 0 saturated carbocycles. The Morgan fingerprint density at radius 2 is 2.21 bits per heavy atom. The predicted molar refractivity (Wildman–Crippen MR) is 96.9 cm³/mol. The van der Waals surface area contributed by atoms with Crippen LogP contribution in [0.5, 0.6) is 5.75 Å². The van der Waals surface area contributed by atoms with E-state index in [0.717, 1.165) is 10.4 Å². The summed E-state index contributed by atoms with van der Waals surface area (Å²) in [6.45, 7) is 0.455. The second kappa shape index (κ2) is 9.00. The SMILES string of the molecule is N[C@@H](CC(=O)O)Cn1nnc(-c2ccc(OCCc3cccnc3)cc2F)n1. The summed E-state index contributed by atoms with van der Waals surface area (Å²) in [6, 6.07) is 7.51. The number of pyridine rings is 1. The van der Waals surface area contributed by atoms with Crippen LogP contribution in [0.25, 0.3) is 11.4 Å². The number of nitrogens with two attached hydrogens (primary N) is 1. The van der Waals surface area contributed by atoms with Crippen molar-refractivity contribution in [3.05, 3.63) is 54.1 Å². The first-order chi connectivity index (χ1) is 13.5. The van der Waals surface area contributed by atoms with Gasteiger partial charge in [0.2, 0.25) is 5.82 Å². The Balaban J connectivity index is 1.60. The zero-order chi connectivity index (χ0) is 19.9. The molecule has 10 heteroatoms. The number of tetrazole rings is 1. The van der Waals surface area contributed by atoms with E-state index in [9.17, 15) is 9.18 Å². The predicted octanol–water partition coefficient (Wildman–Crippen LogP) is 1.30. The maximum absolute atomic E-state index is 14.4. The normalized spacial score (nSPS) is 11.9. The molecular weight excluding hydrogens is 367 g/mol. The van der Waals surface area contributed by atoms with E-state index in [1.54, 1.807) is 18.5 Å². The van der Waals surface area contributed by atoms with E-state index in [1.165, 1.54) is 12.1 Å². The van der Waals surface area contributed by atoms with Gasteiger partial charge in [0.05, 0.1) is 25.1 Å². The third-order valence-corrected chi connectivity index (χ3v) is 3.85. The second-order valence-corrected chi connectivity index (χ2v) is 6.13. The number of hydrogen-bond acceptors (Lipinski definition) is 7. The summed E-state index contributed by atoms with van der Waals surface area (Å²) >= 11 is 0. The maximum atomic E-state index is 14.4. The lowest BCUT2D eigenvalue weighted by Crippen LogP contribution is -2.30. The molecule has 0 saturated heterocycles. The minimum absolute atomic E-state index is 0.0659. The van der Waals surface area contributed by atoms with E-state index in [-0.39, 0.29) is 24.4 Å². The van der Waals surface area contributed by atoms with Crippen LogP contribution < -0.4 is 10.5 Å². The number of rotatable bonds is 9. The van der Waals surface area contributed by atoms with Gasteiger partial charge in [0, 0.05) is 30.9 Å². The van der Waals surface area contributed by atoms with Crippen LogP contribution in [0.15, 0.2) is 42.7 Å². The summed E-state index contributed by atoms with van der Waals surface area (Å²) in [5, 5.41) is 20.4. The van der Waals surface area contributed by atoms with Crippen LogP contribution in [-0.2, 0) is 17.8 Å². The Morgan fingerprint density at radius 1 is 1.36 bits per heavy atom. The summed E-state index contributed by atoms with van der Waals surface area (Å²) in [4.78, 5) is 15.8. The van der Waals surface area contributed by atoms with Gasteiger partial charge in [-0.15, -0.1) is 10.2 Å². The Kier molecular flexibility index (Phi) is 6.22. The van der Waals surface area contributed by atoms with Crippen LogP contribution >= 0.6 is 0 Å². The molecule has 1 atom stereocenters. The molecule has 2 aromatic heterocycles. The molecule has 0 spiro atoms. The highest BCUT2D eigenvalue weighted by molar-refractivity contribution is 5.67. The number of halogens is 1. The van der Waals surface area contributed by atoms with Gasteiger partial charge in [-0.25, -0.2) is 4.39 Å². The molecule has 0 aliphatic carbocycles. The molecule has 1 aromatic carbocycles. The van der Waals surface area contributed by atoms with Gasteiger partial charge in [-0.05, 0) is 29.0 Å². The number of nitrogens with zero attached hydrogens (tertiary/aromatic N) is 5. The van der Waals surface area contributed by atoms with Gasteiger partial charge in [-0.1, -0.05) is 6.07 Å². The number of carboxylic acid groups (broad SMARTS) is 1. The molecule has 146 valence electrons. The first-order valence-corrected chi connectivity index (χ1v) is 8.58. The standard InChI is InChI=1S/C18H19FN6O3/c19-16-9-14(28-7-5-12-2-1-6-21-10-12)3-4-15(16)18-22-24-25(23-18)11-13(20)8-17(26)27/h1-4,6,9-10,13H,5,7-8,11,20H2,(H,26,27)/t13-/m0/s1. The van der Waals surface area contributed by atoms with E-state index in [1.807, 2.05) is 12.1 Å². The zero-order valence-corrected chi connectivity index (χ0v) is 14.9. The van der Waals surface area contributed by atoms with Crippen LogP contribution in [0.4, 0.5) is 4.39 Å². The zero-order valence-electron chi connectivity index (χ0n) is 14.9. The molecular formula is C18H19FN6O3. The third kappa shape index (κ3) is 5.30. The summed E-state index contributed by atoms with van der Waals surface area (Å²) in [5.74, 6) is -1.09. The summed E-state index contributed by atoms with van der Waals surface area (Å²) in [7, 11) is 0. The van der Waals surface area contributed by atoms with Gasteiger partial charge in [0.25, 0.3) is 0 Å². The summed E-state index contributed by atoms with van der Waals surface area (Å²) in [5.41, 5.74) is 6.88. The van der Waals surface area contributed by atoms with Gasteiger partial charge in [0.1, 0.15) is 11.6 Å². The molecule has 0 unspecified atom stereocenters. The van der Waals surface area contributed by atoms with E-state index < -0.39 is 17.8 Å². The number of aliphatic carboxylic acids is 1. The average molecular weight is 386 g/mol. The largest absolute Gasteiger partial charge is 0.493 e. The number of hydrogen-bond donors (Lipinski definition) is 2. The smallest absolute Gasteiger partial charge is 0.304 e. The summed E-state index contributed by atoms with van der Waals surface area (Å²) in [6.07, 6.45) is 3.88. The summed E-state index contributed by atoms with van der Waals surface area (Å²) < 4.78 is 20.0. The molecule has 3 aromatic rings. The van der Waals surface area contributed by atoms with Crippen LogP contribution in [0.1, 0.15) is 12.0 Å². The van der Waals surface area contributed by atoms with E-state index in [4.69, 9.17) is 15.6 Å². The van der Waals surface area contributed by atoms with Crippen LogP contribution in [0, 0.1) is 5.82 Å². The van der Waals surface area contributed by atoms with Crippen LogP contribution in [-0.4, -0.2) is 48.9 Å². The molecule has 28 heavy (non-hydrogen) atoms. The lowest BCUT2D eigenvalue weighted by Gasteiger charge is -2.07. The molecule has 0 fully saturated rings. The Labute approximate surface area is 160 Å². The number of benzene rings is 1. The maximum Gasteiger partial charge on any atom is 0.304 e. The van der Waals surface area contributed by atoms with Crippen LogP contribution in [0.3, 0.4) is 0 Å². The van der Waals surface area contributed by atoms with Crippen molar-refractivity contribution in [1.82, 2.24) is 25.2 Å². The van der Waals surface area contributed by atoms with Crippen molar-refractivity contribution >= 4 is 5.97 Å². The monoisotopic (exact) mass is 386 g/mol. The van der Waals surface area contributed by atoms with Gasteiger partial charge in [0.15, 0.2) is 0 Å². The fourth-order valence-corrected chi connectivity index (χ4v) is 2.53. The molecule has 3 rings (SSSR count). The number of carboxylic acids is 1. The highest BCUT2D eigenvalue weighted by Crippen LogP contribution is 2.23. The number of aromatic nitrogens is 5. The minimum Gasteiger partial charge on any atom is -0.493 e. The third-order valence-electron chi connectivity index (χ3n) is 3.85. The fourth-order valence-electron chi connectivity index (χ4n) is 2.53. The lowest BCUT2D eigenvalue weighted by molar-refractivity contribution is -0.137. The van der Waals surface area contributed by atoms with E-state index in [0.29, 0.717) is 18.8 Å². The molecule has 0 aliphatic rings. The van der Waals surface area contributed by atoms with Gasteiger partial charge in [-0.2, -0.15) is 4.80 Å². The van der Waals surface area contributed by atoms with Crippen molar-refractivity contribution in [3.8, 4) is 17.1 Å². The molecule has 9 nitrogen and oxygen atoms in total. The lowest BCUT2D eigenvalue weighted by atomic mass is 10.2. The Bertz CT molecular complexity index is 934. The Hall–Kier alpha value is -3.40. The average Bonchev–Trinajstić information content (AvgIpc) is 3.10. The van der Waals surface area contributed by atoms with E-state index in [2.05, 4.69) is 20.4 Å². The molecule has 2 heterocycles. The molecule has 0 radical (unpaired) electrons. The topological polar surface area (TPSA) is 129 Å². The highest BCUT2D eigenvalue weighted by atomic mass is 19.1. The first-order valence-electron chi connectivity index (χ1n) is 8.58. The van der Waals surface area contributed by atoms with Gasteiger partial charge < -0.3 is 15.6 Å². The Morgan fingerprint density at radius 3 is 2.93 bits per heavy atom. The molecule has 3 N–H and O–H groups in total. The van der Waals surface area contributed by atoms with Crippen molar-refractivity contribution in [2.24, 2.45) is 5.73 Å². The van der Waals surface area contributed by atoms with Crippen molar-refractivity contribution in [2.75, 3.05) is 6.61 Å². The van der Waals surface area contributed by atoms with Gasteiger partial charge >= 0.3 is 5.97 Å². The second-order valence-electron chi connectivity index (χ2n) is 6.13. The molecule has 0 amide bonds. The van der Waals surface area contributed by atoms with Crippen molar-refractivity contribution < 1.29 is 19.0 Å². The highest BCUT2D eigenvalue weighted by Gasteiger charge is 2.15. The minimum atomic E-state index is -1.02. The van der Waals surface area contributed by atoms with Gasteiger partial charge in [-0.3, -0.25) is 9.78 Å². The molecule has 0 aliphatic heterocycles. The van der Waals surface area contributed by atoms with Crippen LogP contribution in [0.2, 0.25) is 0 Å². The first kappa shape index (κ1) is 19.4. The fraction of sp³-hybridized carbons (Fsp3) is 0.278. The van der Waals surface area contributed by atoms with Crippen molar-refractivity contribution in [3.63, 3.8) is 0 Å². The number of ether oxygens (including phenoxy) is 1. The molecule has 0 bridgehead atoms.